The van der Waals surface area contributed by atoms with E-state index >= 15 is 0 Å². The van der Waals surface area contributed by atoms with Crippen molar-refractivity contribution in [3.63, 3.8) is 0 Å². The third-order valence-corrected chi connectivity index (χ3v) is 4.98. The fourth-order valence-electron chi connectivity index (χ4n) is 2.01. The van der Waals surface area contributed by atoms with Crippen LogP contribution in [0.5, 0.6) is 11.5 Å². The summed E-state index contributed by atoms with van der Waals surface area (Å²) in [7, 11) is 1.58. The quantitative estimate of drug-likeness (QED) is 0.353. The van der Waals surface area contributed by atoms with Gasteiger partial charge in [-0.1, -0.05) is 11.6 Å². The Morgan fingerprint density at radius 1 is 1.35 bits per heavy atom. The highest BCUT2D eigenvalue weighted by Gasteiger charge is 2.10. The molecule has 138 valence electrons. The van der Waals surface area contributed by atoms with Crippen molar-refractivity contribution in [2.45, 2.75) is 11.8 Å². The Balaban J connectivity index is 1.92. The lowest BCUT2D eigenvalue weighted by Gasteiger charge is -2.11. The van der Waals surface area contributed by atoms with Crippen LogP contribution in [0.4, 0.5) is 0 Å². The van der Waals surface area contributed by atoms with Gasteiger partial charge in [-0.25, -0.2) is 5.43 Å². The molecule has 2 aromatic carbocycles. The highest BCUT2D eigenvalue weighted by atomic mass is 79.9. The number of hydrogen-bond acceptors (Lipinski definition) is 5. The molecule has 0 unspecified atom stereocenters. The van der Waals surface area contributed by atoms with Crippen molar-refractivity contribution in [1.82, 2.24) is 5.43 Å². The first-order chi connectivity index (χ1) is 12.5. The van der Waals surface area contributed by atoms with Crippen LogP contribution < -0.4 is 14.9 Å². The minimum absolute atomic E-state index is 0.196. The van der Waals surface area contributed by atoms with Crippen LogP contribution in [0.25, 0.3) is 0 Å². The average Bonchev–Trinajstić information content (AvgIpc) is 2.61. The standard InChI is InChI=1S/C18H18BrClN2O3S/c1-3-25-16-9-12(8-15(19)18(16)24-2)10-21-22-17(23)11-26-14-6-4-13(20)5-7-14/h4-10H,3,11H2,1-2H3,(H,22,23)/b21-10-. The number of ether oxygens (including phenoxy) is 2. The Morgan fingerprint density at radius 2 is 2.08 bits per heavy atom. The molecule has 0 fully saturated rings. The van der Waals surface area contributed by atoms with Gasteiger partial charge in [-0.2, -0.15) is 5.10 Å². The van der Waals surface area contributed by atoms with Crippen molar-refractivity contribution in [2.24, 2.45) is 5.10 Å². The zero-order valence-electron chi connectivity index (χ0n) is 14.3. The number of hydrazone groups is 1. The van der Waals surface area contributed by atoms with E-state index in [1.54, 1.807) is 31.5 Å². The molecular formula is C18H18BrClN2O3S. The van der Waals surface area contributed by atoms with Gasteiger partial charge in [-0.15, -0.1) is 11.8 Å². The molecular weight excluding hydrogens is 440 g/mol. The second-order valence-electron chi connectivity index (χ2n) is 5.00. The average molecular weight is 458 g/mol. The number of halogens is 2. The summed E-state index contributed by atoms with van der Waals surface area (Å²) in [4.78, 5) is 12.9. The molecule has 0 saturated carbocycles. The molecule has 8 heteroatoms. The van der Waals surface area contributed by atoms with E-state index in [1.165, 1.54) is 11.8 Å². The van der Waals surface area contributed by atoms with Crippen LogP contribution in [0.1, 0.15) is 12.5 Å². The molecule has 5 nitrogen and oxygen atoms in total. The van der Waals surface area contributed by atoms with Gasteiger partial charge in [0, 0.05) is 9.92 Å². The van der Waals surface area contributed by atoms with E-state index in [9.17, 15) is 4.79 Å². The molecule has 26 heavy (non-hydrogen) atoms. The number of amides is 1. The Bertz CT molecular complexity index is 785. The summed E-state index contributed by atoms with van der Waals surface area (Å²) >= 11 is 10.7. The molecule has 1 N–H and O–H groups in total. The van der Waals surface area contributed by atoms with Crippen molar-refractivity contribution >= 4 is 51.4 Å². The first kappa shape index (κ1) is 20.6. The molecule has 0 aliphatic carbocycles. The molecule has 0 radical (unpaired) electrons. The first-order valence-electron chi connectivity index (χ1n) is 7.74. The van der Waals surface area contributed by atoms with Crippen LogP contribution >= 0.6 is 39.3 Å². The molecule has 2 rings (SSSR count). The summed E-state index contributed by atoms with van der Waals surface area (Å²) in [6.07, 6.45) is 1.55. The number of carbonyl (C=O) groups is 1. The van der Waals surface area contributed by atoms with E-state index in [2.05, 4.69) is 26.5 Å². The van der Waals surface area contributed by atoms with E-state index in [-0.39, 0.29) is 11.7 Å². The van der Waals surface area contributed by atoms with Gasteiger partial charge in [0.15, 0.2) is 11.5 Å². The van der Waals surface area contributed by atoms with Gasteiger partial charge in [0.25, 0.3) is 0 Å². The van der Waals surface area contributed by atoms with Gasteiger partial charge in [0.2, 0.25) is 5.91 Å². The van der Waals surface area contributed by atoms with Gasteiger partial charge in [-0.3, -0.25) is 4.79 Å². The predicted octanol–water partition coefficient (Wildman–Crippen LogP) is 4.75. The van der Waals surface area contributed by atoms with Crippen LogP contribution in [0.3, 0.4) is 0 Å². The molecule has 0 heterocycles. The van der Waals surface area contributed by atoms with Crippen LogP contribution in [0.2, 0.25) is 5.02 Å². The Kier molecular flexibility index (Phi) is 8.28. The molecule has 0 aliphatic heterocycles. The molecule has 0 atom stereocenters. The summed E-state index contributed by atoms with van der Waals surface area (Å²) in [5.74, 6) is 1.29. The number of nitrogens with one attached hydrogen (secondary N) is 1. The summed E-state index contributed by atoms with van der Waals surface area (Å²) in [5, 5.41) is 4.66. The number of nitrogens with zero attached hydrogens (tertiary/aromatic N) is 1. The lowest BCUT2D eigenvalue weighted by Crippen LogP contribution is -2.19. The minimum atomic E-state index is -0.196. The van der Waals surface area contributed by atoms with Gasteiger partial charge >= 0.3 is 0 Å². The zero-order valence-corrected chi connectivity index (χ0v) is 17.5. The van der Waals surface area contributed by atoms with E-state index in [1.807, 2.05) is 25.1 Å². The van der Waals surface area contributed by atoms with Crippen molar-refractivity contribution < 1.29 is 14.3 Å². The first-order valence-corrected chi connectivity index (χ1v) is 9.89. The maximum absolute atomic E-state index is 11.9. The van der Waals surface area contributed by atoms with Crippen molar-refractivity contribution in [1.29, 1.82) is 0 Å². The molecule has 0 saturated heterocycles. The Morgan fingerprint density at radius 3 is 2.73 bits per heavy atom. The van der Waals surface area contributed by atoms with E-state index < -0.39 is 0 Å². The van der Waals surface area contributed by atoms with Crippen molar-refractivity contribution in [3.8, 4) is 11.5 Å². The van der Waals surface area contributed by atoms with Crippen LogP contribution in [-0.4, -0.2) is 31.6 Å². The lowest BCUT2D eigenvalue weighted by molar-refractivity contribution is -0.118. The van der Waals surface area contributed by atoms with Gasteiger partial charge in [0.05, 0.1) is 30.2 Å². The SMILES string of the molecule is CCOc1cc(/C=N\NC(=O)CSc2ccc(Cl)cc2)cc(Br)c1OC. The van der Waals surface area contributed by atoms with Crippen LogP contribution in [0, 0.1) is 0 Å². The van der Waals surface area contributed by atoms with E-state index in [4.69, 9.17) is 21.1 Å². The summed E-state index contributed by atoms with van der Waals surface area (Å²) in [5.41, 5.74) is 3.28. The van der Waals surface area contributed by atoms with Crippen molar-refractivity contribution in [3.05, 3.63) is 51.5 Å². The maximum atomic E-state index is 11.9. The second kappa shape index (κ2) is 10.4. The fraction of sp³-hybridized carbons (Fsp3) is 0.222. The monoisotopic (exact) mass is 456 g/mol. The van der Waals surface area contributed by atoms with Crippen molar-refractivity contribution in [2.75, 3.05) is 19.5 Å². The normalized spacial score (nSPS) is 10.8. The smallest absolute Gasteiger partial charge is 0.250 e. The summed E-state index contributed by atoms with van der Waals surface area (Å²) < 4.78 is 11.6. The highest BCUT2D eigenvalue weighted by Crippen LogP contribution is 2.36. The summed E-state index contributed by atoms with van der Waals surface area (Å²) in [6.45, 7) is 2.41. The molecule has 0 bridgehead atoms. The van der Waals surface area contributed by atoms with Gasteiger partial charge < -0.3 is 9.47 Å². The predicted molar refractivity (Wildman–Crippen MR) is 110 cm³/mol. The molecule has 1 amide bonds. The van der Waals surface area contributed by atoms with Gasteiger partial charge in [0.1, 0.15) is 0 Å². The molecule has 0 aliphatic rings. The number of rotatable bonds is 8. The van der Waals surface area contributed by atoms with Crippen LogP contribution in [0.15, 0.2) is 50.9 Å². The minimum Gasteiger partial charge on any atom is -0.492 e. The topological polar surface area (TPSA) is 59.9 Å². The summed E-state index contributed by atoms with van der Waals surface area (Å²) in [6, 6.07) is 10.9. The van der Waals surface area contributed by atoms with Gasteiger partial charge in [-0.05, 0) is 64.8 Å². The highest BCUT2D eigenvalue weighted by molar-refractivity contribution is 9.10. The third-order valence-electron chi connectivity index (χ3n) is 3.12. The number of hydrogen-bond donors (Lipinski definition) is 1. The van der Waals surface area contributed by atoms with E-state index in [0.29, 0.717) is 23.1 Å². The molecule has 0 spiro atoms. The zero-order chi connectivity index (χ0) is 18.9. The Labute approximate surface area is 170 Å². The number of benzene rings is 2. The number of methoxy groups -OCH3 is 1. The number of carbonyl (C=O) groups excluding carboxylic acids is 1. The lowest BCUT2D eigenvalue weighted by atomic mass is 10.2. The third kappa shape index (κ3) is 6.23. The fourth-order valence-corrected chi connectivity index (χ4v) is 3.45. The molecule has 2 aromatic rings. The maximum Gasteiger partial charge on any atom is 0.250 e. The largest absolute Gasteiger partial charge is 0.492 e. The molecule has 0 aromatic heterocycles. The number of thioether (sulfide) groups is 1. The van der Waals surface area contributed by atoms with E-state index in [0.717, 1.165) is 14.9 Å². The Hall–Kier alpha value is -1.70. The van der Waals surface area contributed by atoms with Crippen LogP contribution in [-0.2, 0) is 4.79 Å². The second-order valence-corrected chi connectivity index (χ2v) is 7.34.